The predicted molar refractivity (Wildman–Crippen MR) is 133 cm³/mol. The number of hydrogen-bond acceptors (Lipinski definition) is 7. The summed E-state index contributed by atoms with van der Waals surface area (Å²) in [4.78, 5) is 21.0. The maximum Gasteiger partial charge on any atom is 0.301 e. The highest BCUT2D eigenvalue weighted by atomic mass is 35.5. The fraction of sp³-hybridized carbons (Fsp3) is 0.160. The van der Waals surface area contributed by atoms with E-state index in [-0.39, 0.29) is 11.5 Å². The molecule has 0 aliphatic heterocycles. The Morgan fingerprint density at radius 1 is 1.14 bits per heavy atom. The van der Waals surface area contributed by atoms with Gasteiger partial charge in [-0.1, -0.05) is 29.5 Å². The number of carbonyl (C=O) groups is 1. The molecule has 0 bridgehead atoms. The number of allylic oxidation sites excluding steroid dienone is 3. The molecule has 2 aromatic carbocycles. The molecule has 0 fully saturated rings. The van der Waals surface area contributed by atoms with Crippen LogP contribution in [0.3, 0.4) is 0 Å². The standard InChI is InChI=1S/C25H19ClN2O7S/c1-15-22(35-21-12-11-20(26)25(33-2)24(15)21)14-34-18-7-3-16(4-8-18)17-5-9-19(10-6-17)36(31,32)27-13-23(29)28-30/h3,5-7,9-12,27H,13-14H2,1-2H3. The van der Waals surface area contributed by atoms with Crippen molar-refractivity contribution >= 4 is 44.1 Å². The van der Waals surface area contributed by atoms with Crippen LogP contribution in [0, 0.1) is 11.8 Å². The van der Waals surface area contributed by atoms with E-state index in [1.54, 1.807) is 43.5 Å². The summed E-state index contributed by atoms with van der Waals surface area (Å²) in [6.45, 7) is 1.36. The van der Waals surface area contributed by atoms with Gasteiger partial charge >= 0.3 is 5.91 Å². The van der Waals surface area contributed by atoms with E-state index in [1.807, 2.05) is 11.6 Å². The SMILES string of the molecule is COc1c(Cl)ccc2oc(COC3=C=C=C(c4ccc(S(=O)(=O)NCC(=O)N=O)cc4)C=C3)c(C)c12. The molecule has 0 saturated heterocycles. The number of amides is 1. The summed E-state index contributed by atoms with van der Waals surface area (Å²) in [6.07, 6.45) is 3.47. The van der Waals surface area contributed by atoms with Gasteiger partial charge in [-0.2, -0.15) is 0 Å². The first-order chi connectivity index (χ1) is 17.2. The highest BCUT2D eigenvalue weighted by molar-refractivity contribution is 7.89. The van der Waals surface area contributed by atoms with Crippen LogP contribution in [0.15, 0.2) is 80.3 Å². The summed E-state index contributed by atoms with van der Waals surface area (Å²) in [5, 5.41) is 3.44. The summed E-state index contributed by atoms with van der Waals surface area (Å²) in [7, 11) is -2.41. The van der Waals surface area contributed by atoms with E-state index in [9.17, 15) is 18.1 Å². The molecule has 3 aromatic rings. The molecule has 11 heteroatoms. The molecule has 1 aliphatic carbocycles. The summed E-state index contributed by atoms with van der Waals surface area (Å²) in [5.41, 5.74) is 8.79. The highest BCUT2D eigenvalue weighted by Crippen LogP contribution is 2.38. The third-order valence-corrected chi connectivity index (χ3v) is 7.09. The van der Waals surface area contributed by atoms with E-state index >= 15 is 0 Å². The van der Waals surface area contributed by atoms with Crippen molar-refractivity contribution in [2.45, 2.75) is 18.4 Å². The molecular weight excluding hydrogens is 508 g/mol. The molecule has 0 radical (unpaired) electrons. The van der Waals surface area contributed by atoms with Crippen LogP contribution in [0.5, 0.6) is 5.75 Å². The lowest BCUT2D eigenvalue weighted by atomic mass is 10.1. The number of benzene rings is 2. The molecule has 36 heavy (non-hydrogen) atoms. The second kappa shape index (κ2) is 10.4. The second-order valence-electron chi connectivity index (χ2n) is 7.59. The van der Waals surface area contributed by atoms with Crippen molar-refractivity contribution in [3.63, 3.8) is 0 Å². The number of nitroso groups, excluding NO2 is 1. The first kappa shape index (κ1) is 25.2. The quantitative estimate of drug-likeness (QED) is 0.314. The molecule has 1 aromatic heterocycles. The van der Waals surface area contributed by atoms with Gasteiger partial charge in [-0.05, 0) is 54.6 Å². The third kappa shape index (κ3) is 5.18. The summed E-state index contributed by atoms with van der Waals surface area (Å²) < 4.78 is 43.6. The van der Waals surface area contributed by atoms with Gasteiger partial charge in [-0.15, -0.1) is 4.91 Å². The fourth-order valence-electron chi connectivity index (χ4n) is 3.52. The molecule has 184 valence electrons. The van der Waals surface area contributed by atoms with E-state index in [2.05, 4.69) is 16.6 Å². The number of carbonyl (C=O) groups excluding carboxylic acids is 1. The minimum Gasteiger partial charge on any atom is -0.494 e. The average Bonchev–Trinajstić information content (AvgIpc) is 3.21. The molecule has 4 rings (SSSR count). The van der Waals surface area contributed by atoms with Crippen LogP contribution in [0.4, 0.5) is 0 Å². The molecule has 0 spiro atoms. The van der Waals surface area contributed by atoms with Crippen molar-refractivity contribution < 1.29 is 27.1 Å². The Bertz CT molecular complexity index is 1610. The second-order valence-corrected chi connectivity index (χ2v) is 9.76. The summed E-state index contributed by atoms with van der Waals surface area (Å²) >= 11 is 6.22. The topological polar surface area (TPSA) is 124 Å². The lowest BCUT2D eigenvalue weighted by Gasteiger charge is -2.08. The van der Waals surface area contributed by atoms with Crippen LogP contribution in [0.25, 0.3) is 16.5 Å². The molecule has 1 heterocycles. The van der Waals surface area contributed by atoms with E-state index in [0.717, 1.165) is 10.9 Å². The number of nitrogens with one attached hydrogen (secondary N) is 1. The molecular formula is C25H19ClN2O7S. The van der Waals surface area contributed by atoms with Gasteiger partial charge in [0.15, 0.2) is 5.76 Å². The number of hydrogen-bond donors (Lipinski definition) is 1. The molecule has 0 atom stereocenters. The van der Waals surface area contributed by atoms with Crippen molar-refractivity contribution in [1.29, 1.82) is 0 Å². The lowest BCUT2D eigenvalue weighted by Crippen LogP contribution is -2.28. The van der Waals surface area contributed by atoms with Gasteiger partial charge in [0.25, 0.3) is 0 Å². The number of halogens is 1. The number of furan rings is 1. The maximum absolute atomic E-state index is 12.2. The van der Waals surface area contributed by atoms with Crippen LogP contribution < -0.4 is 9.46 Å². The summed E-state index contributed by atoms with van der Waals surface area (Å²) in [5.74, 6) is 0.508. The monoisotopic (exact) mass is 526 g/mol. The minimum absolute atomic E-state index is 0.0620. The molecule has 1 N–H and O–H groups in total. The van der Waals surface area contributed by atoms with E-state index in [0.29, 0.717) is 39.0 Å². The van der Waals surface area contributed by atoms with E-state index < -0.39 is 22.5 Å². The minimum atomic E-state index is -3.96. The number of rotatable bonds is 9. The zero-order valence-corrected chi connectivity index (χ0v) is 20.7. The molecule has 0 unspecified atom stereocenters. The van der Waals surface area contributed by atoms with Crippen molar-refractivity contribution in [1.82, 2.24) is 4.72 Å². The number of fused-ring (bicyclic) bond motifs is 1. The molecule has 9 nitrogen and oxygen atoms in total. The average molecular weight is 527 g/mol. The van der Waals surface area contributed by atoms with Crippen molar-refractivity contribution in [3.05, 3.63) is 92.6 Å². The van der Waals surface area contributed by atoms with Gasteiger partial charge in [-0.3, -0.25) is 4.79 Å². The van der Waals surface area contributed by atoms with Gasteiger partial charge < -0.3 is 13.9 Å². The molecule has 1 amide bonds. The predicted octanol–water partition coefficient (Wildman–Crippen LogP) is 4.78. The lowest BCUT2D eigenvalue weighted by molar-refractivity contribution is -0.116. The van der Waals surface area contributed by atoms with Gasteiger partial charge in [0, 0.05) is 16.3 Å². The van der Waals surface area contributed by atoms with Gasteiger partial charge in [0.1, 0.15) is 23.7 Å². The van der Waals surface area contributed by atoms with Gasteiger partial charge in [0.05, 0.1) is 29.0 Å². The Morgan fingerprint density at radius 3 is 2.53 bits per heavy atom. The first-order valence-corrected chi connectivity index (χ1v) is 12.4. The number of methoxy groups -OCH3 is 1. The van der Waals surface area contributed by atoms with E-state index in [1.165, 1.54) is 12.1 Å². The molecule has 1 aliphatic rings. The Morgan fingerprint density at radius 2 is 1.89 bits per heavy atom. The normalized spacial score (nSPS) is 12.9. The van der Waals surface area contributed by atoms with Crippen molar-refractivity contribution in [2.75, 3.05) is 13.7 Å². The fourth-order valence-corrected chi connectivity index (χ4v) is 4.73. The Hall–Kier alpha value is -3.91. The van der Waals surface area contributed by atoms with Crippen LogP contribution in [-0.2, 0) is 26.2 Å². The van der Waals surface area contributed by atoms with Crippen molar-refractivity contribution in [2.24, 2.45) is 5.18 Å². The maximum atomic E-state index is 12.2. The van der Waals surface area contributed by atoms with E-state index in [4.69, 9.17) is 25.5 Å². The summed E-state index contributed by atoms with van der Waals surface area (Å²) in [6, 6.07) is 9.41. The number of aryl methyl sites for hydroxylation is 1. The largest absolute Gasteiger partial charge is 0.494 e. The number of sulfonamides is 1. The van der Waals surface area contributed by atoms with Crippen LogP contribution in [0.2, 0.25) is 5.02 Å². The third-order valence-electron chi connectivity index (χ3n) is 5.37. The van der Waals surface area contributed by atoms with Crippen molar-refractivity contribution in [3.8, 4) is 5.75 Å². The van der Waals surface area contributed by atoms with Crippen LogP contribution in [-0.4, -0.2) is 28.0 Å². The molecule has 0 saturated carbocycles. The zero-order chi connectivity index (χ0) is 25.9. The Balaban J connectivity index is 1.49. The first-order valence-electron chi connectivity index (χ1n) is 10.5. The van der Waals surface area contributed by atoms with Gasteiger partial charge in [0.2, 0.25) is 10.0 Å². The van der Waals surface area contributed by atoms with Crippen LogP contribution >= 0.6 is 11.6 Å². The zero-order valence-electron chi connectivity index (χ0n) is 19.1. The number of ether oxygens (including phenoxy) is 2. The number of nitrogens with zero attached hydrogens (tertiary/aromatic N) is 1. The Labute approximate surface area is 211 Å². The van der Waals surface area contributed by atoms with Crippen LogP contribution in [0.1, 0.15) is 16.9 Å². The Kier molecular flexibility index (Phi) is 7.26. The van der Waals surface area contributed by atoms with Gasteiger partial charge in [-0.25, -0.2) is 13.1 Å². The smallest absolute Gasteiger partial charge is 0.301 e. The highest BCUT2D eigenvalue weighted by Gasteiger charge is 2.18.